The Kier molecular flexibility index (Phi) is 3.02. The van der Waals surface area contributed by atoms with E-state index in [1.807, 2.05) is 30.7 Å². The van der Waals surface area contributed by atoms with Crippen molar-refractivity contribution >= 4 is 17.4 Å². The number of nitriles is 1. The van der Waals surface area contributed by atoms with Crippen LogP contribution in [0.1, 0.15) is 11.4 Å². The molecule has 1 aromatic carbocycles. The normalized spacial score (nSPS) is 10.2. The van der Waals surface area contributed by atoms with E-state index in [-0.39, 0.29) is 0 Å². The van der Waals surface area contributed by atoms with Crippen molar-refractivity contribution < 1.29 is 0 Å². The van der Waals surface area contributed by atoms with Crippen molar-refractivity contribution in [3.05, 3.63) is 29.6 Å². The minimum atomic E-state index is 0.483. The number of nitrogens with two attached hydrogens (primary N) is 1. The van der Waals surface area contributed by atoms with Crippen molar-refractivity contribution in [2.24, 2.45) is 7.05 Å². The third-order valence-electron chi connectivity index (χ3n) is 2.41. The lowest BCUT2D eigenvalue weighted by Gasteiger charge is -2.03. The number of aromatic nitrogens is 3. The quantitative estimate of drug-likeness (QED) is 0.815. The van der Waals surface area contributed by atoms with E-state index in [1.54, 1.807) is 12.1 Å². The van der Waals surface area contributed by atoms with Gasteiger partial charge in [-0.15, -0.1) is 10.2 Å². The maximum atomic E-state index is 8.78. The zero-order valence-corrected chi connectivity index (χ0v) is 10.3. The molecule has 1 heterocycles. The molecule has 0 spiro atoms. The molecule has 5 nitrogen and oxygen atoms in total. The van der Waals surface area contributed by atoms with Crippen molar-refractivity contribution in [2.75, 3.05) is 5.73 Å². The van der Waals surface area contributed by atoms with E-state index in [9.17, 15) is 0 Å². The molecule has 17 heavy (non-hydrogen) atoms. The van der Waals surface area contributed by atoms with E-state index in [0.29, 0.717) is 11.3 Å². The molecular formula is C11H11N5S. The molecule has 0 aliphatic heterocycles. The lowest BCUT2D eigenvalue weighted by atomic mass is 10.2. The maximum absolute atomic E-state index is 8.78. The molecule has 2 aromatic rings. The topological polar surface area (TPSA) is 80.5 Å². The van der Waals surface area contributed by atoms with Crippen LogP contribution < -0.4 is 5.73 Å². The van der Waals surface area contributed by atoms with Gasteiger partial charge in [0.15, 0.2) is 5.16 Å². The van der Waals surface area contributed by atoms with Crippen LogP contribution in [-0.2, 0) is 7.05 Å². The average Bonchev–Trinajstić information content (AvgIpc) is 2.61. The molecule has 2 rings (SSSR count). The van der Waals surface area contributed by atoms with E-state index < -0.39 is 0 Å². The second-order valence-electron chi connectivity index (χ2n) is 3.55. The van der Waals surface area contributed by atoms with Gasteiger partial charge < -0.3 is 10.3 Å². The molecule has 0 unspecified atom stereocenters. The lowest BCUT2D eigenvalue weighted by molar-refractivity contribution is 0.765. The molecular weight excluding hydrogens is 234 g/mol. The minimum absolute atomic E-state index is 0.483. The summed E-state index contributed by atoms with van der Waals surface area (Å²) in [7, 11) is 1.91. The van der Waals surface area contributed by atoms with Gasteiger partial charge in [-0.25, -0.2) is 0 Å². The molecule has 0 saturated carbocycles. The van der Waals surface area contributed by atoms with Crippen molar-refractivity contribution in [1.82, 2.24) is 14.8 Å². The molecule has 6 heteroatoms. The highest BCUT2D eigenvalue weighted by Crippen LogP contribution is 2.28. The average molecular weight is 245 g/mol. The molecule has 0 atom stereocenters. The van der Waals surface area contributed by atoms with Crippen LogP contribution in [0.25, 0.3) is 0 Å². The van der Waals surface area contributed by atoms with Crippen LogP contribution in [0, 0.1) is 18.3 Å². The number of hydrogen-bond donors (Lipinski definition) is 1. The number of rotatable bonds is 2. The molecule has 0 aliphatic rings. The van der Waals surface area contributed by atoms with Crippen molar-refractivity contribution in [1.29, 1.82) is 5.26 Å². The van der Waals surface area contributed by atoms with Crippen molar-refractivity contribution in [3.63, 3.8) is 0 Å². The Morgan fingerprint density at radius 2 is 2.18 bits per heavy atom. The van der Waals surface area contributed by atoms with Gasteiger partial charge in [0.1, 0.15) is 11.9 Å². The van der Waals surface area contributed by atoms with Crippen LogP contribution >= 0.6 is 11.8 Å². The molecule has 0 aliphatic carbocycles. The molecule has 0 saturated heterocycles. The van der Waals surface area contributed by atoms with Gasteiger partial charge in [-0.05, 0) is 36.9 Å². The van der Waals surface area contributed by atoms with Crippen LogP contribution in [0.2, 0.25) is 0 Å². The largest absolute Gasteiger partial charge is 0.398 e. The summed E-state index contributed by atoms with van der Waals surface area (Å²) in [4.78, 5) is 0.942. The van der Waals surface area contributed by atoms with Gasteiger partial charge in [0.25, 0.3) is 0 Å². The highest BCUT2D eigenvalue weighted by Gasteiger charge is 2.08. The van der Waals surface area contributed by atoms with Gasteiger partial charge in [0.2, 0.25) is 0 Å². The van der Waals surface area contributed by atoms with E-state index >= 15 is 0 Å². The Morgan fingerprint density at radius 3 is 2.71 bits per heavy atom. The van der Waals surface area contributed by atoms with E-state index in [1.165, 1.54) is 11.8 Å². The summed E-state index contributed by atoms with van der Waals surface area (Å²) in [5, 5.41) is 17.6. The fourth-order valence-electron chi connectivity index (χ4n) is 1.29. The summed E-state index contributed by atoms with van der Waals surface area (Å²) < 4.78 is 1.90. The summed E-state index contributed by atoms with van der Waals surface area (Å²) in [5.41, 5.74) is 6.72. The first kappa shape index (κ1) is 11.5. The summed E-state index contributed by atoms with van der Waals surface area (Å²) in [5.74, 6) is 0.856. The summed E-state index contributed by atoms with van der Waals surface area (Å²) >= 11 is 1.47. The highest BCUT2D eigenvalue weighted by molar-refractivity contribution is 7.99. The molecule has 0 bridgehead atoms. The number of hydrogen-bond acceptors (Lipinski definition) is 5. The summed E-state index contributed by atoms with van der Waals surface area (Å²) in [6.07, 6.45) is 0. The molecule has 86 valence electrons. The fraction of sp³-hybridized carbons (Fsp3) is 0.182. The first-order chi connectivity index (χ1) is 8.11. The number of nitrogens with zero attached hydrogens (tertiary/aromatic N) is 4. The molecule has 0 amide bonds. The van der Waals surface area contributed by atoms with Gasteiger partial charge in [0.05, 0.1) is 11.3 Å². The Balaban J connectivity index is 2.29. The van der Waals surface area contributed by atoms with Gasteiger partial charge in [-0.3, -0.25) is 0 Å². The maximum Gasteiger partial charge on any atom is 0.195 e. The second kappa shape index (κ2) is 4.47. The summed E-state index contributed by atoms with van der Waals surface area (Å²) in [6, 6.07) is 7.37. The Labute approximate surface area is 103 Å². The second-order valence-corrected chi connectivity index (χ2v) is 4.59. The van der Waals surface area contributed by atoms with Gasteiger partial charge >= 0.3 is 0 Å². The van der Waals surface area contributed by atoms with E-state index in [2.05, 4.69) is 10.2 Å². The van der Waals surface area contributed by atoms with Crippen LogP contribution in [0.15, 0.2) is 28.3 Å². The molecule has 0 fully saturated rings. The number of aryl methyl sites for hydroxylation is 1. The molecule has 2 N–H and O–H groups in total. The van der Waals surface area contributed by atoms with E-state index in [0.717, 1.165) is 15.9 Å². The van der Waals surface area contributed by atoms with Crippen molar-refractivity contribution in [2.45, 2.75) is 17.0 Å². The zero-order valence-electron chi connectivity index (χ0n) is 9.51. The van der Waals surface area contributed by atoms with Gasteiger partial charge in [-0.2, -0.15) is 5.26 Å². The SMILES string of the molecule is Cc1nnc(Sc2ccc(C#N)c(N)c2)n1C. The van der Waals surface area contributed by atoms with Crippen molar-refractivity contribution in [3.8, 4) is 6.07 Å². The predicted molar refractivity (Wildman–Crippen MR) is 65.4 cm³/mol. The number of anilines is 1. The molecule has 0 radical (unpaired) electrons. The van der Waals surface area contributed by atoms with Crippen LogP contribution in [0.5, 0.6) is 0 Å². The van der Waals surface area contributed by atoms with Crippen LogP contribution in [-0.4, -0.2) is 14.8 Å². The first-order valence-electron chi connectivity index (χ1n) is 4.95. The monoisotopic (exact) mass is 245 g/mol. The standard InChI is InChI=1S/C11H11N5S/c1-7-14-15-11(16(7)2)17-9-4-3-8(6-12)10(13)5-9/h3-5H,13H2,1-2H3. The number of nitrogen functional groups attached to an aromatic ring is 1. The Hall–Kier alpha value is -2.00. The zero-order chi connectivity index (χ0) is 12.4. The van der Waals surface area contributed by atoms with E-state index in [4.69, 9.17) is 11.0 Å². The summed E-state index contributed by atoms with van der Waals surface area (Å²) in [6.45, 7) is 1.89. The number of benzene rings is 1. The third kappa shape index (κ3) is 2.24. The smallest absolute Gasteiger partial charge is 0.195 e. The predicted octanol–water partition coefficient (Wildman–Crippen LogP) is 1.73. The van der Waals surface area contributed by atoms with Gasteiger partial charge in [-0.1, -0.05) is 0 Å². The Morgan fingerprint density at radius 1 is 1.41 bits per heavy atom. The first-order valence-corrected chi connectivity index (χ1v) is 5.77. The van der Waals surface area contributed by atoms with Crippen LogP contribution in [0.3, 0.4) is 0 Å². The fourth-order valence-corrected chi connectivity index (χ4v) is 2.17. The van der Waals surface area contributed by atoms with Crippen LogP contribution in [0.4, 0.5) is 5.69 Å². The lowest BCUT2D eigenvalue weighted by Crippen LogP contribution is -1.94. The van der Waals surface area contributed by atoms with Gasteiger partial charge in [0, 0.05) is 11.9 Å². The third-order valence-corrected chi connectivity index (χ3v) is 3.43. The Bertz CT molecular complexity index is 596. The highest BCUT2D eigenvalue weighted by atomic mass is 32.2. The molecule has 1 aromatic heterocycles. The minimum Gasteiger partial charge on any atom is -0.398 e.